The lowest BCUT2D eigenvalue weighted by molar-refractivity contribution is -0.127. The van der Waals surface area contributed by atoms with E-state index >= 15 is 0 Å². The predicted octanol–water partition coefficient (Wildman–Crippen LogP) is 3.03. The Morgan fingerprint density at radius 2 is 2.00 bits per heavy atom. The van der Waals surface area contributed by atoms with E-state index < -0.39 is 0 Å². The smallest absolute Gasteiger partial charge is 0.243 e. The minimum absolute atomic E-state index is 0.0181. The monoisotopic (exact) mass is 377 g/mol. The summed E-state index contributed by atoms with van der Waals surface area (Å²) in [5.41, 5.74) is 1.01. The van der Waals surface area contributed by atoms with Gasteiger partial charge in [-0.2, -0.15) is 0 Å². The predicted molar refractivity (Wildman–Crippen MR) is 108 cm³/mol. The molecule has 0 unspecified atom stereocenters. The molecule has 0 radical (unpaired) electrons. The molecular weight excluding hydrogens is 342 g/mol. The molecule has 1 aromatic heterocycles. The molecule has 1 fully saturated rings. The Morgan fingerprint density at radius 3 is 2.63 bits per heavy atom. The van der Waals surface area contributed by atoms with Gasteiger partial charge < -0.3 is 20.1 Å². The van der Waals surface area contributed by atoms with Crippen LogP contribution in [-0.2, 0) is 11.3 Å². The fraction of sp³-hybridized carbons (Fsp3) is 0.750. The van der Waals surface area contributed by atoms with Gasteiger partial charge in [0.15, 0.2) is 11.7 Å². The quantitative estimate of drug-likeness (QED) is 0.537. The number of hydrogen-bond acceptors (Lipinski definition) is 4. The summed E-state index contributed by atoms with van der Waals surface area (Å²) in [6, 6.07) is 2.43. The van der Waals surface area contributed by atoms with Gasteiger partial charge >= 0.3 is 0 Å². The van der Waals surface area contributed by atoms with Crippen LogP contribution in [0.5, 0.6) is 0 Å². The van der Waals surface area contributed by atoms with E-state index in [9.17, 15) is 4.79 Å². The molecular formula is C20H35N5O2. The Labute approximate surface area is 163 Å². The average Bonchev–Trinajstić information content (AvgIpc) is 3.14. The largest absolute Gasteiger partial charge is 0.359 e. The summed E-state index contributed by atoms with van der Waals surface area (Å²) in [4.78, 5) is 17.9. The zero-order chi connectivity index (χ0) is 19.6. The van der Waals surface area contributed by atoms with Crippen LogP contribution in [0, 0.1) is 0 Å². The number of aromatic nitrogens is 1. The fourth-order valence-corrected chi connectivity index (χ4v) is 3.36. The Morgan fingerprint density at radius 1 is 1.30 bits per heavy atom. The highest BCUT2D eigenvalue weighted by molar-refractivity contribution is 5.84. The van der Waals surface area contributed by atoms with Crippen LogP contribution >= 0.6 is 0 Å². The lowest BCUT2D eigenvalue weighted by Crippen LogP contribution is -2.44. The molecule has 152 valence electrons. The SMILES string of the molecule is CCC(CC)c1cc(CNC(=NCC(=O)N(C)C)NC2CCCCC2)on1. The van der Waals surface area contributed by atoms with E-state index in [4.69, 9.17) is 4.52 Å². The molecule has 1 aliphatic rings. The van der Waals surface area contributed by atoms with Crippen LogP contribution in [0.25, 0.3) is 0 Å². The molecule has 1 saturated carbocycles. The minimum atomic E-state index is -0.0181. The third-order valence-electron chi connectivity index (χ3n) is 5.23. The molecule has 0 saturated heterocycles. The van der Waals surface area contributed by atoms with Gasteiger partial charge in [-0.25, -0.2) is 4.99 Å². The van der Waals surface area contributed by atoms with Gasteiger partial charge in [0, 0.05) is 32.1 Å². The van der Waals surface area contributed by atoms with Gasteiger partial charge in [0.1, 0.15) is 6.54 Å². The lowest BCUT2D eigenvalue weighted by atomic mass is 9.96. The first-order chi connectivity index (χ1) is 13.0. The molecule has 2 N–H and O–H groups in total. The fourth-order valence-electron chi connectivity index (χ4n) is 3.36. The Balaban J connectivity index is 1.97. The maximum Gasteiger partial charge on any atom is 0.243 e. The van der Waals surface area contributed by atoms with Crippen LogP contribution in [0.3, 0.4) is 0 Å². The summed E-state index contributed by atoms with van der Waals surface area (Å²) in [5, 5.41) is 11.0. The van der Waals surface area contributed by atoms with Gasteiger partial charge in [-0.15, -0.1) is 0 Å². The zero-order valence-electron chi connectivity index (χ0n) is 17.3. The second kappa shape index (κ2) is 10.9. The number of nitrogens with zero attached hydrogens (tertiary/aromatic N) is 3. The van der Waals surface area contributed by atoms with Crippen LogP contribution in [0.1, 0.15) is 76.2 Å². The molecule has 0 aliphatic heterocycles. The number of likely N-dealkylation sites (N-methyl/N-ethyl adjacent to an activating group) is 1. The van der Waals surface area contributed by atoms with Crippen LogP contribution in [0.4, 0.5) is 0 Å². The van der Waals surface area contributed by atoms with E-state index in [0.29, 0.717) is 24.5 Å². The van der Waals surface area contributed by atoms with Crippen LogP contribution < -0.4 is 10.6 Å². The maximum atomic E-state index is 11.9. The molecule has 0 atom stereocenters. The van der Waals surface area contributed by atoms with Crippen molar-refractivity contribution in [2.24, 2.45) is 4.99 Å². The number of rotatable bonds is 8. The van der Waals surface area contributed by atoms with Crippen molar-refractivity contribution in [3.05, 3.63) is 17.5 Å². The summed E-state index contributed by atoms with van der Waals surface area (Å²) in [5.74, 6) is 1.87. The standard InChI is InChI=1S/C20H35N5O2/c1-5-15(6-2)18-12-17(27-24-18)13-21-20(22-14-19(26)25(3)4)23-16-10-8-7-9-11-16/h12,15-16H,5-11,13-14H2,1-4H3,(H2,21,22,23). The van der Waals surface area contributed by atoms with Crippen molar-refractivity contribution in [1.82, 2.24) is 20.7 Å². The van der Waals surface area contributed by atoms with Crippen LogP contribution in [0.15, 0.2) is 15.6 Å². The lowest BCUT2D eigenvalue weighted by Gasteiger charge is -2.25. The van der Waals surface area contributed by atoms with Crippen molar-refractivity contribution in [3.63, 3.8) is 0 Å². The molecule has 7 nitrogen and oxygen atoms in total. The molecule has 0 aromatic carbocycles. The van der Waals surface area contributed by atoms with Crippen molar-refractivity contribution in [3.8, 4) is 0 Å². The molecule has 1 heterocycles. The van der Waals surface area contributed by atoms with Crippen LogP contribution in [0.2, 0.25) is 0 Å². The number of aliphatic imine (C=N–C) groups is 1. The topological polar surface area (TPSA) is 82.8 Å². The summed E-state index contributed by atoms with van der Waals surface area (Å²) < 4.78 is 5.48. The minimum Gasteiger partial charge on any atom is -0.359 e. The first-order valence-electron chi connectivity index (χ1n) is 10.2. The van der Waals surface area contributed by atoms with Gasteiger partial charge in [0.2, 0.25) is 5.91 Å². The first kappa shape index (κ1) is 21.3. The zero-order valence-corrected chi connectivity index (χ0v) is 17.3. The normalized spacial score (nSPS) is 15.8. The highest BCUT2D eigenvalue weighted by Gasteiger charge is 2.17. The number of nitrogens with one attached hydrogen (secondary N) is 2. The highest BCUT2D eigenvalue weighted by Crippen LogP contribution is 2.22. The molecule has 1 amide bonds. The number of guanidine groups is 1. The molecule has 27 heavy (non-hydrogen) atoms. The molecule has 7 heteroatoms. The summed E-state index contributed by atoms with van der Waals surface area (Å²) >= 11 is 0. The second-order valence-corrected chi connectivity index (χ2v) is 7.52. The number of hydrogen-bond donors (Lipinski definition) is 2. The highest BCUT2D eigenvalue weighted by atomic mass is 16.5. The van der Waals surface area contributed by atoms with E-state index in [1.165, 1.54) is 19.3 Å². The van der Waals surface area contributed by atoms with Gasteiger partial charge in [-0.05, 0) is 25.7 Å². The van der Waals surface area contributed by atoms with Gasteiger partial charge in [0.05, 0.1) is 12.2 Å². The van der Waals surface area contributed by atoms with E-state index in [0.717, 1.165) is 37.1 Å². The maximum absolute atomic E-state index is 11.9. The molecule has 0 spiro atoms. The van der Waals surface area contributed by atoms with E-state index in [2.05, 4.69) is 34.6 Å². The Kier molecular flexibility index (Phi) is 8.61. The Hall–Kier alpha value is -2.05. The number of carbonyl (C=O) groups excluding carboxylic acids is 1. The van der Waals surface area contributed by atoms with Crippen LogP contribution in [-0.4, -0.2) is 48.6 Å². The Bertz CT molecular complexity index is 601. The van der Waals surface area contributed by atoms with E-state index in [1.807, 2.05) is 6.07 Å². The van der Waals surface area contributed by atoms with Crippen molar-refractivity contribution >= 4 is 11.9 Å². The number of amides is 1. The molecule has 1 aromatic rings. The summed E-state index contributed by atoms with van der Waals surface area (Å²) in [6.07, 6.45) is 8.17. The third-order valence-corrected chi connectivity index (χ3v) is 5.23. The molecule has 2 rings (SSSR count). The van der Waals surface area contributed by atoms with E-state index in [-0.39, 0.29) is 12.5 Å². The van der Waals surface area contributed by atoms with Crippen molar-refractivity contribution in [1.29, 1.82) is 0 Å². The molecule has 1 aliphatic carbocycles. The average molecular weight is 378 g/mol. The number of carbonyl (C=O) groups is 1. The first-order valence-corrected chi connectivity index (χ1v) is 10.2. The van der Waals surface area contributed by atoms with Crippen molar-refractivity contribution in [2.75, 3.05) is 20.6 Å². The van der Waals surface area contributed by atoms with Gasteiger partial charge in [0.25, 0.3) is 0 Å². The molecule has 0 bridgehead atoms. The summed E-state index contributed by atoms with van der Waals surface area (Å²) in [6.45, 7) is 4.97. The van der Waals surface area contributed by atoms with Crippen molar-refractivity contribution < 1.29 is 9.32 Å². The van der Waals surface area contributed by atoms with Gasteiger partial charge in [-0.3, -0.25) is 4.79 Å². The van der Waals surface area contributed by atoms with Gasteiger partial charge in [-0.1, -0.05) is 38.3 Å². The van der Waals surface area contributed by atoms with Crippen molar-refractivity contribution in [2.45, 2.75) is 77.3 Å². The summed E-state index contributed by atoms with van der Waals surface area (Å²) in [7, 11) is 3.49. The second-order valence-electron chi connectivity index (χ2n) is 7.52. The van der Waals surface area contributed by atoms with E-state index in [1.54, 1.807) is 19.0 Å². The third kappa shape index (κ3) is 6.88.